The van der Waals surface area contributed by atoms with Crippen molar-refractivity contribution in [2.45, 2.75) is 46.5 Å². The van der Waals surface area contributed by atoms with Gasteiger partial charge < -0.3 is 34.6 Å². The van der Waals surface area contributed by atoms with Crippen LogP contribution in [0.15, 0.2) is 121 Å². The highest BCUT2D eigenvalue weighted by atomic mass is 32.1. The SMILES string of the molecule is COc1cc(-n2ccnc2)ccc1-c1ccc(CCC(=O)OC(=O)CCc2ccc(-c3csc(-n4ccnc4C)c3)n2-c2ccc(C(N)=O)cc2C)n1-c1ccc(C(N)=O)cc1C. The molecule has 4 N–H and O–H groups in total. The van der Waals surface area contributed by atoms with Crippen LogP contribution >= 0.6 is 11.3 Å². The van der Waals surface area contributed by atoms with E-state index in [1.807, 2.05) is 101 Å². The van der Waals surface area contributed by atoms with Crippen LogP contribution in [-0.2, 0) is 27.2 Å². The number of amides is 2. The molecule has 5 aromatic heterocycles. The number of rotatable bonds is 15. The zero-order chi connectivity index (χ0) is 44.4. The van der Waals surface area contributed by atoms with Gasteiger partial charge in [-0.05, 0) is 124 Å². The third-order valence-corrected chi connectivity index (χ3v) is 11.9. The lowest BCUT2D eigenvalue weighted by Gasteiger charge is -2.19. The fourth-order valence-electron chi connectivity index (χ4n) is 7.82. The number of carbonyl (C=O) groups excluding carboxylic acids is 4. The molecular weight excluding hydrogens is 817 g/mol. The molecule has 0 fully saturated rings. The molecular formula is C48H44N8O6S. The van der Waals surface area contributed by atoms with Crippen molar-refractivity contribution in [3.8, 4) is 50.3 Å². The molecule has 0 aliphatic carbocycles. The fraction of sp³-hybridized carbons (Fsp3) is 0.167. The molecule has 8 rings (SSSR count). The molecule has 0 aliphatic heterocycles. The Labute approximate surface area is 367 Å². The summed E-state index contributed by atoms with van der Waals surface area (Å²) in [5.74, 6) is -0.898. The molecule has 0 spiro atoms. The van der Waals surface area contributed by atoms with Gasteiger partial charge in [-0.1, -0.05) is 0 Å². The van der Waals surface area contributed by atoms with Gasteiger partial charge in [0.1, 0.15) is 16.6 Å². The first-order chi connectivity index (χ1) is 30.4. The first kappa shape index (κ1) is 41.9. The topological polar surface area (TPSA) is 184 Å². The number of thiophene rings is 1. The van der Waals surface area contributed by atoms with Gasteiger partial charge in [0.25, 0.3) is 0 Å². The number of primary amides is 2. The summed E-state index contributed by atoms with van der Waals surface area (Å²) in [6.45, 7) is 5.74. The van der Waals surface area contributed by atoms with Crippen LogP contribution in [0.5, 0.6) is 5.75 Å². The van der Waals surface area contributed by atoms with Gasteiger partial charge in [-0.2, -0.15) is 0 Å². The number of methoxy groups -OCH3 is 1. The first-order valence-corrected chi connectivity index (χ1v) is 21.0. The number of carbonyl (C=O) groups is 4. The van der Waals surface area contributed by atoms with Gasteiger partial charge >= 0.3 is 11.9 Å². The zero-order valence-corrected chi connectivity index (χ0v) is 35.9. The fourth-order valence-corrected chi connectivity index (χ4v) is 8.76. The molecule has 0 atom stereocenters. The number of hydrogen-bond donors (Lipinski definition) is 2. The van der Waals surface area contributed by atoms with Crippen molar-refractivity contribution in [1.29, 1.82) is 0 Å². The minimum Gasteiger partial charge on any atom is -0.496 e. The number of nitrogens with zero attached hydrogens (tertiary/aromatic N) is 6. The lowest BCUT2D eigenvalue weighted by molar-refractivity contribution is -0.159. The summed E-state index contributed by atoms with van der Waals surface area (Å²) < 4.78 is 19.2. The van der Waals surface area contributed by atoms with Gasteiger partial charge in [0.15, 0.2) is 0 Å². The van der Waals surface area contributed by atoms with Crippen molar-refractivity contribution in [3.05, 3.63) is 161 Å². The molecule has 14 nitrogen and oxygen atoms in total. The van der Waals surface area contributed by atoms with E-state index in [2.05, 4.69) is 26.0 Å². The maximum Gasteiger partial charge on any atom is 0.313 e. The minimum atomic E-state index is -0.660. The molecule has 318 valence electrons. The van der Waals surface area contributed by atoms with E-state index in [-0.39, 0.29) is 25.7 Å². The monoisotopic (exact) mass is 860 g/mol. The van der Waals surface area contributed by atoms with Crippen LogP contribution in [0.1, 0.15) is 61.9 Å². The third kappa shape index (κ3) is 8.59. The van der Waals surface area contributed by atoms with Crippen LogP contribution in [-0.4, -0.2) is 59.1 Å². The highest BCUT2D eigenvalue weighted by Crippen LogP contribution is 2.37. The Morgan fingerprint density at radius 3 is 1.86 bits per heavy atom. The summed E-state index contributed by atoms with van der Waals surface area (Å²) in [5, 5.41) is 3.06. The van der Waals surface area contributed by atoms with Gasteiger partial charge in [0, 0.05) is 81.3 Å². The van der Waals surface area contributed by atoms with E-state index >= 15 is 0 Å². The normalized spacial score (nSPS) is 11.2. The van der Waals surface area contributed by atoms with Gasteiger partial charge in [-0.25, -0.2) is 9.97 Å². The number of benzene rings is 3. The molecule has 15 heteroatoms. The van der Waals surface area contributed by atoms with E-state index in [9.17, 15) is 19.2 Å². The van der Waals surface area contributed by atoms with E-state index < -0.39 is 23.8 Å². The number of imidazole rings is 2. The molecule has 8 aromatic rings. The second kappa shape index (κ2) is 17.7. The highest BCUT2D eigenvalue weighted by molar-refractivity contribution is 7.13. The summed E-state index contributed by atoms with van der Waals surface area (Å²) >= 11 is 1.58. The minimum absolute atomic E-state index is 0.0580. The van der Waals surface area contributed by atoms with E-state index in [1.54, 1.807) is 61.4 Å². The molecule has 2 amide bonds. The van der Waals surface area contributed by atoms with Crippen LogP contribution in [0, 0.1) is 20.8 Å². The summed E-state index contributed by atoms with van der Waals surface area (Å²) in [6, 6.07) is 26.2. The molecule has 0 radical (unpaired) electrons. The average Bonchev–Trinajstić information content (AvgIpc) is 4.13. The lowest BCUT2D eigenvalue weighted by atomic mass is 10.1. The number of aryl methyl sites for hydroxylation is 5. The lowest BCUT2D eigenvalue weighted by Crippen LogP contribution is -2.16. The summed E-state index contributed by atoms with van der Waals surface area (Å²) in [4.78, 5) is 59.2. The van der Waals surface area contributed by atoms with Gasteiger partial charge in [-0.15, -0.1) is 11.3 Å². The van der Waals surface area contributed by atoms with Crippen LogP contribution in [0.2, 0.25) is 0 Å². The molecule has 5 heterocycles. The van der Waals surface area contributed by atoms with Gasteiger partial charge in [-0.3, -0.25) is 23.7 Å². The van der Waals surface area contributed by atoms with E-state index in [0.717, 1.165) is 72.9 Å². The maximum absolute atomic E-state index is 13.4. The predicted octanol–water partition coefficient (Wildman–Crippen LogP) is 7.80. The second-order valence-corrected chi connectivity index (χ2v) is 15.9. The Morgan fingerprint density at radius 2 is 1.32 bits per heavy atom. The van der Waals surface area contributed by atoms with Crippen LogP contribution in [0.3, 0.4) is 0 Å². The molecule has 0 bridgehead atoms. The molecule has 3 aromatic carbocycles. The van der Waals surface area contributed by atoms with E-state index in [0.29, 0.717) is 16.9 Å². The van der Waals surface area contributed by atoms with Crippen LogP contribution < -0.4 is 16.2 Å². The van der Waals surface area contributed by atoms with Gasteiger partial charge in [0.2, 0.25) is 11.8 Å². The second-order valence-electron chi connectivity index (χ2n) is 15.0. The van der Waals surface area contributed by atoms with Crippen molar-refractivity contribution in [2.24, 2.45) is 11.5 Å². The highest BCUT2D eigenvalue weighted by Gasteiger charge is 2.22. The number of ether oxygens (including phenoxy) is 2. The Balaban J connectivity index is 1.02. The maximum atomic E-state index is 13.4. The number of esters is 2. The quantitative estimate of drug-likeness (QED) is 0.0773. The molecule has 0 unspecified atom stereocenters. The predicted molar refractivity (Wildman–Crippen MR) is 240 cm³/mol. The van der Waals surface area contributed by atoms with E-state index in [1.165, 1.54) is 0 Å². The van der Waals surface area contributed by atoms with Crippen molar-refractivity contribution in [1.82, 2.24) is 28.2 Å². The zero-order valence-electron chi connectivity index (χ0n) is 35.1. The smallest absolute Gasteiger partial charge is 0.313 e. The Hall–Kier alpha value is -7.78. The summed E-state index contributed by atoms with van der Waals surface area (Å²) in [5.41, 5.74) is 21.0. The number of aromatic nitrogens is 6. The number of hydrogen-bond acceptors (Lipinski definition) is 9. The van der Waals surface area contributed by atoms with E-state index in [4.69, 9.17) is 20.9 Å². The summed E-state index contributed by atoms with van der Waals surface area (Å²) in [6.07, 6.45) is 9.30. The van der Waals surface area contributed by atoms with Gasteiger partial charge in [0.05, 0.1) is 43.4 Å². The Kier molecular flexibility index (Phi) is 11.8. The molecule has 63 heavy (non-hydrogen) atoms. The Bertz CT molecular complexity index is 3020. The molecule has 0 aliphatic rings. The van der Waals surface area contributed by atoms with Crippen molar-refractivity contribution in [3.63, 3.8) is 0 Å². The standard InChI is InChI=1S/C48H44N8O6S/c1-29-23-32(47(49)59)5-13-39(29)55-35(8-15-41(55)34-25-44(63-27-34)54-22-20-52-31(54)3)10-17-45(57)62-46(58)18-11-36-9-16-42(56(36)40-14-6-33(48(50)60)24-30(40)2)38-12-7-37(26-43(38)61-4)53-21-19-51-28-53/h5-9,12-16,19-28H,10-11,17-18H2,1-4H3,(H2,49,59)(H2,50,60). The van der Waals surface area contributed by atoms with Crippen molar-refractivity contribution in [2.75, 3.05) is 7.11 Å². The third-order valence-electron chi connectivity index (χ3n) is 11.0. The molecule has 0 saturated heterocycles. The van der Waals surface area contributed by atoms with Crippen molar-refractivity contribution >= 4 is 35.1 Å². The van der Waals surface area contributed by atoms with Crippen molar-refractivity contribution < 1.29 is 28.7 Å². The average molecular weight is 861 g/mol. The number of nitrogens with two attached hydrogens (primary N) is 2. The van der Waals surface area contributed by atoms with Crippen LogP contribution in [0.4, 0.5) is 0 Å². The molecule has 0 saturated carbocycles. The Morgan fingerprint density at radius 1 is 0.698 bits per heavy atom. The van der Waals surface area contributed by atoms with Crippen LogP contribution in [0.25, 0.3) is 44.6 Å². The largest absolute Gasteiger partial charge is 0.496 e. The summed E-state index contributed by atoms with van der Waals surface area (Å²) in [7, 11) is 1.61. The first-order valence-electron chi connectivity index (χ1n) is 20.1.